The van der Waals surface area contributed by atoms with Crippen molar-refractivity contribution in [3.05, 3.63) is 39.1 Å². The van der Waals surface area contributed by atoms with Crippen molar-refractivity contribution < 1.29 is 9.53 Å². The number of fused-ring (bicyclic) bond motifs is 1. The van der Waals surface area contributed by atoms with E-state index in [0.717, 1.165) is 29.9 Å². The lowest BCUT2D eigenvalue weighted by Gasteiger charge is -2.34. The molecule has 0 unspecified atom stereocenters. The number of aryl methyl sites for hydroxylation is 2. The number of hydrogen-bond donors (Lipinski definition) is 1. The van der Waals surface area contributed by atoms with Crippen LogP contribution in [0.2, 0.25) is 0 Å². The molecule has 1 amide bonds. The van der Waals surface area contributed by atoms with Gasteiger partial charge in [0.1, 0.15) is 11.9 Å². The molecule has 0 aromatic carbocycles. The third-order valence-electron chi connectivity index (χ3n) is 4.72. The highest BCUT2D eigenvalue weighted by atomic mass is 32.1. The minimum absolute atomic E-state index is 0.121. The predicted octanol–water partition coefficient (Wildman–Crippen LogP) is 2.87. The summed E-state index contributed by atoms with van der Waals surface area (Å²) < 4.78 is 5.60. The van der Waals surface area contributed by atoms with E-state index < -0.39 is 0 Å². The molecule has 0 spiro atoms. The number of morpholine rings is 1. The molecule has 1 atom stereocenters. The summed E-state index contributed by atoms with van der Waals surface area (Å²) in [6.45, 7) is 3.69. The Morgan fingerprint density at radius 1 is 1.43 bits per heavy atom. The zero-order valence-electron chi connectivity index (χ0n) is 13.3. The highest BCUT2D eigenvalue weighted by Crippen LogP contribution is 2.33. The fourth-order valence-electron chi connectivity index (χ4n) is 3.50. The molecule has 1 aliphatic heterocycles. The maximum Gasteiger partial charge on any atom is 0.255 e. The molecule has 2 aromatic heterocycles. The number of aromatic nitrogens is 2. The van der Waals surface area contributed by atoms with Gasteiger partial charge in [0.05, 0.1) is 18.8 Å². The SMILES string of the molecule is Cc1cnc([C@@H]2COCCN2C(=O)c2csc3c2CCCC3)[nH]1. The number of H-pyrrole nitrogens is 1. The summed E-state index contributed by atoms with van der Waals surface area (Å²) in [5.41, 5.74) is 3.19. The van der Waals surface area contributed by atoms with Gasteiger partial charge in [0, 0.05) is 28.7 Å². The van der Waals surface area contributed by atoms with E-state index in [-0.39, 0.29) is 11.9 Å². The highest BCUT2D eigenvalue weighted by molar-refractivity contribution is 7.10. The molecule has 1 aliphatic carbocycles. The zero-order valence-corrected chi connectivity index (χ0v) is 14.1. The van der Waals surface area contributed by atoms with E-state index in [0.29, 0.717) is 19.8 Å². The van der Waals surface area contributed by atoms with Crippen molar-refractivity contribution in [2.24, 2.45) is 0 Å². The lowest BCUT2D eigenvalue weighted by molar-refractivity contribution is -0.00504. The van der Waals surface area contributed by atoms with Gasteiger partial charge < -0.3 is 14.6 Å². The van der Waals surface area contributed by atoms with Gasteiger partial charge in [0.2, 0.25) is 0 Å². The molecule has 0 bridgehead atoms. The van der Waals surface area contributed by atoms with E-state index in [1.165, 1.54) is 23.3 Å². The van der Waals surface area contributed by atoms with Crippen LogP contribution in [-0.4, -0.2) is 40.5 Å². The molecule has 0 saturated carbocycles. The molecule has 0 radical (unpaired) electrons. The van der Waals surface area contributed by atoms with Crippen LogP contribution < -0.4 is 0 Å². The fraction of sp³-hybridized carbons (Fsp3) is 0.529. The molecular formula is C17H21N3O2S. The zero-order chi connectivity index (χ0) is 15.8. The van der Waals surface area contributed by atoms with Crippen LogP contribution in [0.3, 0.4) is 0 Å². The molecule has 1 N–H and O–H groups in total. The number of imidazole rings is 1. The molecule has 23 heavy (non-hydrogen) atoms. The monoisotopic (exact) mass is 331 g/mol. The largest absolute Gasteiger partial charge is 0.377 e. The summed E-state index contributed by atoms with van der Waals surface area (Å²) >= 11 is 1.74. The first-order valence-corrected chi connectivity index (χ1v) is 9.11. The van der Waals surface area contributed by atoms with Crippen LogP contribution in [0.15, 0.2) is 11.6 Å². The molecular weight excluding hydrogens is 310 g/mol. The van der Waals surface area contributed by atoms with Crippen molar-refractivity contribution in [2.45, 2.75) is 38.6 Å². The number of aromatic amines is 1. The Labute approximate surface area is 139 Å². The number of amides is 1. The second-order valence-corrected chi connectivity index (χ2v) is 7.26. The van der Waals surface area contributed by atoms with Gasteiger partial charge in [-0.15, -0.1) is 11.3 Å². The highest BCUT2D eigenvalue weighted by Gasteiger charge is 2.33. The van der Waals surface area contributed by atoms with Crippen molar-refractivity contribution in [3.8, 4) is 0 Å². The van der Waals surface area contributed by atoms with Crippen molar-refractivity contribution >= 4 is 17.2 Å². The van der Waals surface area contributed by atoms with E-state index in [9.17, 15) is 4.79 Å². The molecule has 3 heterocycles. The maximum atomic E-state index is 13.2. The van der Waals surface area contributed by atoms with Crippen LogP contribution in [0.25, 0.3) is 0 Å². The molecule has 2 aliphatic rings. The van der Waals surface area contributed by atoms with E-state index >= 15 is 0 Å². The number of carbonyl (C=O) groups is 1. The first-order chi connectivity index (χ1) is 11.2. The Balaban J connectivity index is 1.64. The Kier molecular flexibility index (Phi) is 3.95. The van der Waals surface area contributed by atoms with Crippen LogP contribution in [0.4, 0.5) is 0 Å². The number of rotatable bonds is 2. The van der Waals surface area contributed by atoms with Crippen molar-refractivity contribution in [1.82, 2.24) is 14.9 Å². The summed E-state index contributed by atoms with van der Waals surface area (Å²) in [7, 11) is 0. The standard InChI is InChI=1S/C17H21N3O2S/c1-11-8-18-16(19-11)14-9-22-7-6-20(14)17(21)13-10-23-15-5-3-2-4-12(13)15/h8,10,14H,2-7,9H2,1H3,(H,18,19)/t14-/m0/s1. The average molecular weight is 331 g/mol. The van der Waals surface area contributed by atoms with Gasteiger partial charge in [0.15, 0.2) is 0 Å². The quantitative estimate of drug-likeness (QED) is 0.920. The van der Waals surface area contributed by atoms with Crippen molar-refractivity contribution in [1.29, 1.82) is 0 Å². The second kappa shape index (κ2) is 6.09. The van der Waals surface area contributed by atoms with Gasteiger partial charge in [-0.3, -0.25) is 4.79 Å². The fourth-order valence-corrected chi connectivity index (χ4v) is 4.62. The summed E-state index contributed by atoms with van der Waals surface area (Å²) in [5, 5.41) is 2.05. The number of ether oxygens (including phenoxy) is 1. The topological polar surface area (TPSA) is 58.2 Å². The third-order valence-corrected chi connectivity index (χ3v) is 5.81. The van der Waals surface area contributed by atoms with Crippen LogP contribution in [0.1, 0.15) is 51.2 Å². The molecule has 1 fully saturated rings. The first kappa shape index (κ1) is 14.9. The summed E-state index contributed by atoms with van der Waals surface area (Å²) in [6, 6.07) is -0.121. The van der Waals surface area contributed by atoms with Crippen LogP contribution >= 0.6 is 11.3 Å². The normalized spacial score (nSPS) is 21.3. The first-order valence-electron chi connectivity index (χ1n) is 8.23. The molecule has 5 nitrogen and oxygen atoms in total. The smallest absolute Gasteiger partial charge is 0.255 e. The molecule has 6 heteroatoms. The number of hydrogen-bond acceptors (Lipinski definition) is 4. The van der Waals surface area contributed by atoms with Gasteiger partial charge in [-0.05, 0) is 38.2 Å². The molecule has 4 rings (SSSR count). The lowest BCUT2D eigenvalue weighted by atomic mass is 9.95. The van der Waals surface area contributed by atoms with E-state index in [4.69, 9.17) is 4.74 Å². The van der Waals surface area contributed by atoms with Gasteiger partial charge in [-0.2, -0.15) is 0 Å². The number of nitrogens with one attached hydrogen (secondary N) is 1. The Morgan fingerprint density at radius 2 is 2.30 bits per heavy atom. The van der Waals surface area contributed by atoms with E-state index in [2.05, 4.69) is 15.3 Å². The van der Waals surface area contributed by atoms with E-state index in [1.54, 1.807) is 17.5 Å². The van der Waals surface area contributed by atoms with E-state index in [1.807, 2.05) is 11.8 Å². The number of carbonyl (C=O) groups excluding carboxylic acids is 1. The van der Waals surface area contributed by atoms with Crippen LogP contribution in [0, 0.1) is 6.92 Å². The minimum Gasteiger partial charge on any atom is -0.377 e. The minimum atomic E-state index is -0.121. The summed E-state index contributed by atoms with van der Waals surface area (Å²) in [4.78, 5) is 24.2. The number of thiophene rings is 1. The Hall–Kier alpha value is -1.66. The third kappa shape index (κ3) is 2.70. The molecule has 2 aromatic rings. The van der Waals surface area contributed by atoms with Gasteiger partial charge in [-0.1, -0.05) is 0 Å². The predicted molar refractivity (Wildman–Crippen MR) is 88.9 cm³/mol. The van der Waals surface area contributed by atoms with Gasteiger partial charge in [-0.25, -0.2) is 4.98 Å². The molecule has 1 saturated heterocycles. The second-order valence-electron chi connectivity index (χ2n) is 6.30. The van der Waals surface area contributed by atoms with Crippen molar-refractivity contribution in [3.63, 3.8) is 0 Å². The number of nitrogens with zero attached hydrogens (tertiary/aromatic N) is 2. The van der Waals surface area contributed by atoms with Gasteiger partial charge >= 0.3 is 0 Å². The van der Waals surface area contributed by atoms with Crippen molar-refractivity contribution in [2.75, 3.05) is 19.8 Å². The average Bonchev–Trinajstić information content (AvgIpc) is 3.20. The molecule has 122 valence electrons. The van der Waals surface area contributed by atoms with Crippen LogP contribution in [0.5, 0.6) is 0 Å². The summed E-state index contributed by atoms with van der Waals surface area (Å²) in [5.74, 6) is 0.950. The maximum absolute atomic E-state index is 13.2. The van der Waals surface area contributed by atoms with Crippen LogP contribution in [-0.2, 0) is 17.6 Å². The summed E-state index contributed by atoms with van der Waals surface area (Å²) in [6.07, 6.45) is 6.39. The Morgan fingerprint density at radius 3 is 3.13 bits per heavy atom. The van der Waals surface area contributed by atoms with Gasteiger partial charge in [0.25, 0.3) is 5.91 Å². The lowest BCUT2D eigenvalue weighted by Crippen LogP contribution is -2.44. The Bertz CT molecular complexity index is 721.